The fraction of sp³-hybridized carbons (Fsp3) is 0.706. The van der Waals surface area contributed by atoms with Crippen LogP contribution in [0.5, 0.6) is 0 Å². The number of nitrogens with one attached hydrogen (secondary N) is 2. The topological polar surface area (TPSA) is 69.6 Å². The highest BCUT2D eigenvalue weighted by molar-refractivity contribution is 7.11. The molecule has 1 fully saturated rings. The van der Waals surface area contributed by atoms with Crippen LogP contribution in [0.4, 0.5) is 0 Å². The van der Waals surface area contributed by atoms with E-state index >= 15 is 0 Å². The number of hydrogen-bond acceptors (Lipinski definition) is 4. The molecule has 0 aromatic carbocycles. The van der Waals surface area contributed by atoms with Crippen LogP contribution in [0, 0.1) is 0 Å². The SMILES string of the molecule is CCNC(=NCCc1ncc(CC)s1)NC1CCN(C(=O)CC)C1. The molecule has 0 radical (unpaired) electrons. The van der Waals surface area contributed by atoms with Gasteiger partial charge < -0.3 is 15.5 Å². The predicted molar refractivity (Wildman–Crippen MR) is 99.6 cm³/mol. The van der Waals surface area contributed by atoms with E-state index in [0.29, 0.717) is 6.42 Å². The molecule has 0 bridgehead atoms. The summed E-state index contributed by atoms with van der Waals surface area (Å²) < 4.78 is 0. The van der Waals surface area contributed by atoms with E-state index in [9.17, 15) is 4.79 Å². The highest BCUT2D eigenvalue weighted by atomic mass is 32.1. The molecule has 1 atom stereocenters. The molecule has 7 heteroatoms. The number of carbonyl (C=O) groups excluding carboxylic acids is 1. The van der Waals surface area contributed by atoms with E-state index in [-0.39, 0.29) is 11.9 Å². The normalized spacial score (nSPS) is 18.0. The van der Waals surface area contributed by atoms with E-state index in [4.69, 9.17) is 0 Å². The zero-order valence-electron chi connectivity index (χ0n) is 15.0. The number of guanidine groups is 1. The lowest BCUT2D eigenvalue weighted by Gasteiger charge is -2.18. The molecule has 1 unspecified atom stereocenters. The molecule has 134 valence electrons. The first-order chi connectivity index (χ1) is 11.7. The number of rotatable bonds is 7. The lowest BCUT2D eigenvalue weighted by atomic mass is 10.3. The third kappa shape index (κ3) is 5.47. The molecule has 1 saturated heterocycles. The lowest BCUT2D eigenvalue weighted by molar-refractivity contribution is -0.129. The van der Waals surface area contributed by atoms with Crippen molar-refractivity contribution in [3.8, 4) is 0 Å². The van der Waals surface area contributed by atoms with Crippen LogP contribution in [-0.2, 0) is 17.6 Å². The molecule has 1 aromatic rings. The van der Waals surface area contributed by atoms with E-state index in [0.717, 1.165) is 56.4 Å². The van der Waals surface area contributed by atoms with E-state index in [1.807, 2.05) is 18.0 Å². The number of aryl methyl sites for hydroxylation is 1. The number of likely N-dealkylation sites (tertiary alicyclic amines) is 1. The van der Waals surface area contributed by atoms with Gasteiger partial charge in [0.25, 0.3) is 0 Å². The maximum atomic E-state index is 11.8. The first-order valence-corrected chi connectivity index (χ1v) is 9.74. The molecular weight excluding hydrogens is 322 g/mol. The number of thiazole rings is 1. The molecule has 0 aliphatic carbocycles. The van der Waals surface area contributed by atoms with Crippen molar-refractivity contribution in [2.45, 2.75) is 52.5 Å². The molecule has 1 amide bonds. The number of aromatic nitrogens is 1. The smallest absolute Gasteiger partial charge is 0.222 e. The fourth-order valence-corrected chi connectivity index (χ4v) is 3.58. The van der Waals surface area contributed by atoms with Crippen molar-refractivity contribution in [2.75, 3.05) is 26.2 Å². The van der Waals surface area contributed by atoms with E-state index in [2.05, 4.69) is 34.5 Å². The second kappa shape index (κ2) is 9.61. The Kier molecular flexibility index (Phi) is 7.49. The van der Waals surface area contributed by atoms with Gasteiger partial charge in [-0.15, -0.1) is 11.3 Å². The van der Waals surface area contributed by atoms with Gasteiger partial charge in [-0.3, -0.25) is 9.79 Å². The van der Waals surface area contributed by atoms with Crippen LogP contribution in [-0.4, -0.2) is 54.0 Å². The number of hydrogen-bond donors (Lipinski definition) is 2. The Morgan fingerprint density at radius 3 is 2.96 bits per heavy atom. The standard InChI is InChI=1S/C17H29N5OS/c1-4-14-11-20-15(24-14)7-9-19-17(18-6-3)21-13-8-10-22(12-13)16(23)5-2/h11,13H,4-10,12H2,1-3H3,(H2,18,19,21). The summed E-state index contributed by atoms with van der Waals surface area (Å²) in [5.41, 5.74) is 0. The van der Waals surface area contributed by atoms with Crippen molar-refractivity contribution >= 4 is 23.2 Å². The minimum atomic E-state index is 0.233. The monoisotopic (exact) mass is 351 g/mol. The lowest BCUT2D eigenvalue weighted by Crippen LogP contribution is -2.45. The molecule has 1 aliphatic heterocycles. The van der Waals surface area contributed by atoms with Gasteiger partial charge in [0.1, 0.15) is 0 Å². The summed E-state index contributed by atoms with van der Waals surface area (Å²) in [5, 5.41) is 7.89. The Bertz CT molecular complexity index is 557. The molecule has 0 saturated carbocycles. The number of aliphatic imine (C=N–C) groups is 1. The third-order valence-electron chi connectivity index (χ3n) is 4.07. The van der Waals surface area contributed by atoms with Crippen LogP contribution in [0.2, 0.25) is 0 Å². The average Bonchev–Trinajstić information content (AvgIpc) is 3.23. The van der Waals surface area contributed by atoms with Crippen molar-refractivity contribution in [1.29, 1.82) is 0 Å². The zero-order chi connectivity index (χ0) is 17.4. The largest absolute Gasteiger partial charge is 0.357 e. The van der Waals surface area contributed by atoms with E-state index in [1.54, 1.807) is 11.3 Å². The summed E-state index contributed by atoms with van der Waals surface area (Å²) in [5.74, 6) is 1.07. The number of carbonyl (C=O) groups is 1. The summed E-state index contributed by atoms with van der Waals surface area (Å²) in [6.07, 6.45) is 5.42. The number of amides is 1. The van der Waals surface area contributed by atoms with Gasteiger partial charge in [-0.05, 0) is 19.8 Å². The van der Waals surface area contributed by atoms with Crippen LogP contribution >= 0.6 is 11.3 Å². The van der Waals surface area contributed by atoms with Gasteiger partial charge in [0.15, 0.2) is 5.96 Å². The Balaban J connectivity index is 1.83. The maximum Gasteiger partial charge on any atom is 0.222 e. The predicted octanol–water partition coefficient (Wildman–Crippen LogP) is 1.81. The van der Waals surface area contributed by atoms with E-state index in [1.165, 1.54) is 4.88 Å². The van der Waals surface area contributed by atoms with Gasteiger partial charge in [0, 0.05) is 56.1 Å². The van der Waals surface area contributed by atoms with Crippen molar-refractivity contribution < 1.29 is 4.79 Å². The highest BCUT2D eigenvalue weighted by Crippen LogP contribution is 2.14. The molecule has 2 rings (SSSR count). The second-order valence-corrected chi connectivity index (χ2v) is 7.11. The third-order valence-corrected chi connectivity index (χ3v) is 5.28. The summed E-state index contributed by atoms with van der Waals surface area (Å²) in [6.45, 7) is 9.27. The zero-order valence-corrected chi connectivity index (χ0v) is 15.8. The summed E-state index contributed by atoms with van der Waals surface area (Å²) in [6, 6.07) is 0.282. The van der Waals surface area contributed by atoms with Gasteiger partial charge in [-0.1, -0.05) is 13.8 Å². The van der Waals surface area contributed by atoms with Gasteiger partial charge in [-0.2, -0.15) is 0 Å². The number of nitrogens with zero attached hydrogens (tertiary/aromatic N) is 3. The van der Waals surface area contributed by atoms with Crippen LogP contribution in [0.1, 0.15) is 43.5 Å². The van der Waals surface area contributed by atoms with Crippen LogP contribution in [0.15, 0.2) is 11.2 Å². The average molecular weight is 352 g/mol. The molecule has 1 aromatic heterocycles. The Morgan fingerprint density at radius 1 is 1.46 bits per heavy atom. The van der Waals surface area contributed by atoms with Crippen molar-refractivity contribution in [3.05, 3.63) is 16.1 Å². The highest BCUT2D eigenvalue weighted by Gasteiger charge is 2.25. The quantitative estimate of drug-likeness (QED) is 0.581. The molecule has 0 spiro atoms. The van der Waals surface area contributed by atoms with E-state index < -0.39 is 0 Å². The first kappa shape index (κ1) is 18.7. The Hall–Kier alpha value is -1.63. The molecular formula is C17H29N5OS. The Labute approximate surface area is 148 Å². The van der Waals surface area contributed by atoms with Gasteiger partial charge in [0.05, 0.1) is 5.01 Å². The van der Waals surface area contributed by atoms with Gasteiger partial charge in [0.2, 0.25) is 5.91 Å². The van der Waals surface area contributed by atoms with Crippen molar-refractivity contribution in [3.63, 3.8) is 0 Å². The first-order valence-electron chi connectivity index (χ1n) is 8.92. The summed E-state index contributed by atoms with van der Waals surface area (Å²) in [4.78, 5) is 24.1. The van der Waals surface area contributed by atoms with Crippen LogP contribution in [0.25, 0.3) is 0 Å². The molecule has 6 nitrogen and oxygen atoms in total. The fourth-order valence-electron chi connectivity index (χ4n) is 2.73. The molecule has 2 N–H and O–H groups in total. The minimum Gasteiger partial charge on any atom is -0.357 e. The van der Waals surface area contributed by atoms with Crippen molar-refractivity contribution in [2.24, 2.45) is 4.99 Å². The maximum absolute atomic E-state index is 11.8. The summed E-state index contributed by atoms with van der Waals surface area (Å²) >= 11 is 1.77. The molecule has 2 heterocycles. The van der Waals surface area contributed by atoms with Gasteiger partial charge >= 0.3 is 0 Å². The second-order valence-electron chi connectivity index (χ2n) is 5.91. The summed E-state index contributed by atoms with van der Waals surface area (Å²) in [7, 11) is 0. The van der Waals surface area contributed by atoms with Crippen LogP contribution in [0.3, 0.4) is 0 Å². The van der Waals surface area contributed by atoms with Gasteiger partial charge in [-0.25, -0.2) is 4.98 Å². The molecule has 24 heavy (non-hydrogen) atoms. The van der Waals surface area contributed by atoms with Crippen LogP contribution < -0.4 is 10.6 Å². The molecule has 1 aliphatic rings. The minimum absolute atomic E-state index is 0.233. The Morgan fingerprint density at radius 2 is 2.29 bits per heavy atom. The van der Waals surface area contributed by atoms with Crippen molar-refractivity contribution in [1.82, 2.24) is 20.5 Å².